The van der Waals surface area contributed by atoms with Gasteiger partial charge in [0, 0.05) is 49.7 Å². The zero-order valence-corrected chi connectivity index (χ0v) is 41.1. The minimum Gasteiger partial charge on any atom is -0.310 e. The lowest BCUT2D eigenvalue weighted by molar-refractivity contribution is 1.18. The van der Waals surface area contributed by atoms with Gasteiger partial charge in [-0.05, 0) is 136 Å². The Bertz CT molecular complexity index is 4280. The quantitative estimate of drug-likeness (QED) is 0.133. The molecule has 14 aromatic rings. The second kappa shape index (κ2) is 18.6. The third kappa shape index (κ3) is 7.78. The first-order valence-electron chi connectivity index (χ1n) is 25.7. The van der Waals surface area contributed by atoms with Crippen LogP contribution in [0.5, 0.6) is 0 Å². The zero-order valence-electron chi connectivity index (χ0n) is 41.1. The monoisotopic (exact) mass is 955 g/mol. The molecule has 0 atom stereocenters. The molecule has 0 fully saturated rings. The number of hydrogen-bond donors (Lipinski definition) is 0. The van der Waals surface area contributed by atoms with E-state index < -0.39 is 0 Å². The molecule has 3 heteroatoms. The van der Waals surface area contributed by atoms with Gasteiger partial charge in [0.1, 0.15) is 0 Å². The first-order chi connectivity index (χ1) is 37.2. The second-order valence-electron chi connectivity index (χ2n) is 19.3. The summed E-state index contributed by atoms with van der Waals surface area (Å²) < 4.78 is 4.87. The lowest BCUT2D eigenvalue weighted by Crippen LogP contribution is -2.11. The first kappa shape index (κ1) is 43.8. The molecule has 2 heterocycles. The van der Waals surface area contributed by atoms with Gasteiger partial charge in [-0.25, -0.2) is 0 Å². The van der Waals surface area contributed by atoms with Crippen LogP contribution in [-0.4, -0.2) is 9.13 Å². The number of anilines is 3. The molecule has 0 amide bonds. The molecule has 12 aromatic carbocycles. The van der Waals surface area contributed by atoms with Gasteiger partial charge in [-0.15, -0.1) is 0 Å². The van der Waals surface area contributed by atoms with Gasteiger partial charge in [0.25, 0.3) is 0 Å². The molecule has 0 aliphatic heterocycles. The highest BCUT2D eigenvalue weighted by Crippen LogP contribution is 2.46. The average molecular weight is 956 g/mol. The Labute approximate surface area is 436 Å². The van der Waals surface area contributed by atoms with Crippen molar-refractivity contribution >= 4 is 60.7 Å². The van der Waals surface area contributed by atoms with E-state index in [1.165, 1.54) is 77.1 Å². The number of aromatic nitrogens is 2. The third-order valence-electron chi connectivity index (χ3n) is 14.9. The average Bonchev–Trinajstić information content (AvgIpc) is 4.02. The van der Waals surface area contributed by atoms with E-state index in [0.717, 1.165) is 50.6 Å². The molecular formula is C72H49N3. The predicted octanol–water partition coefficient (Wildman–Crippen LogP) is 19.7. The molecule has 2 aromatic heterocycles. The largest absolute Gasteiger partial charge is 0.310 e. The SMILES string of the molecule is c1ccc(-c2ccc(N(c3ccc(-c4ccccc4)cc3)c3ccccc3-c3ccccc3-n3c4ccc(-c5ccccc5)cc4c4cc(-c5ccc6c(c5)c5ccccc5n6-c5ccccc5)ccc43)cc2)cc1. The molecular weight excluding hydrogens is 907 g/mol. The van der Waals surface area contributed by atoms with E-state index in [0.29, 0.717) is 0 Å². The Morgan fingerprint density at radius 3 is 1.13 bits per heavy atom. The van der Waals surface area contributed by atoms with E-state index in [1.807, 2.05) is 0 Å². The molecule has 3 nitrogen and oxygen atoms in total. The highest BCUT2D eigenvalue weighted by Gasteiger charge is 2.23. The van der Waals surface area contributed by atoms with Crippen LogP contribution in [0.25, 0.3) is 111 Å². The third-order valence-corrected chi connectivity index (χ3v) is 14.9. The Morgan fingerprint density at radius 1 is 0.227 bits per heavy atom. The van der Waals surface area contributed by atoms with Gasteiger partial charge in [0.15, 0.2) is 0 Å². The summed E-state index contributed by atoms with van der Waals surface area (Å²) >= 11 is 0. The highest BCUT2D eigenvalue weighted by atomic mass is 15.1. The summed E-state index contributed by atoms with van der Waals surface area (Å²) in [6.45, 7) is 0. The topological polar surface area (TPSA) is 13.1 Å². The van der Waals surface area contributed by atoms with Gasteiger partial charge < -0.3 is 14.0 Å². The summed E-state index contributed by atoms with van der Waals surface area (Å²) in [7, 11) is 0. The van der Waals surface area contributed by atoms with Crippen molar-refractivity contribution in [1.29, 1.82) is 0 Å². The van der Waals surface area contributed by atoms with Crippen LogP contribution in [-0.2, 0) is 0 Å². The molecule has 0 radical (unpaired) electrons. The maximum atomic E-state index is 2.49. The van der Waals surface area contributed by atoms with E-state index in [-0.39, 0.29) is 0 Å². The molecule has 0 aliphatic carbocycles. The fourth-order valence-corrected chi connectivity index (χ4v) is 11.4. The fraction of sp³-hybridized carbons (Fsp3) is 0. The molecule has 0 spiro atoms. The van der Waals surface area contributed by atoms with Crippen molar-refractivity contribution in [3.8, 4) is 67.0 Å². The van der Waals surface area contributed by atoms with Crippen LogP contribution in [0.1, 0.15) is 0 Å². The first-order valence-corrected chi connectivity index (χ1v) is 25.7. The minimum absolute atomic E-state index is 1.08. The van der Waals surface area contributed by atoms with E-state index in [9.17, 15) is 0 Å². The fourth-order valence-electron chi connectivity index (χ4n) is 11.4. The molecule has 14 rings (SSSR count). The Morgan fingerprint density at radius 2 is 0.587 bits per heavy atom. The Hall–Kier alpha value is -9.96. The Balaban J connectivity index is 0.944. The van der Waals surface area contributed by atoms with Crippen molar-refractivity contribution in [2.45, 2.75) is 0 Å². The number of benzene rings is 12. The summed E-state index contributed by atoms with van der Waals surface area (Å²) in [5.41, 5.74) is 22.0. The predicted molar refractivity (Wildman–Crippen MR) is 317 cm³/mol. The van der Waals surface area contributed by atoms with Gasteiger partial charge in [-0.2, -0.15) is 0 Å². The van der Waals surface area contributed by atoms with Crippen LogP contribution < -0.4 is 4.90 Å². The summed E-state index contributed by atoms with van der Waals surface area (Å²) in [5, 5.41) is 4.89. The van der Waals surface area contributed by atoms with Crippen LogP contribution in [0.4, 0.5) is 17.1 Å². The van der Waals surface area contributed by atoms with Crippen molar-refractivity contribution in [1.82, 2.24) is 9.13 Å². The zero-order chi connectivity index (χ0) is 49.7. The van der Waals surface area contributed by atoms with Gasteiger partial charge >= 0.3 is 0 Å². The molecule has 0 unspecified atom stereocenters. The van der Waals surface area contributed by atoms with Gasteiger partial charge in [0.05, 0.1) is 33.4 Å². The van der Waals surface area contributed by atoms with E-state index >= 15 is 0 Å². The number of rotatable bonds is 10. The van der Waals surface area contributed by atoms with Gasteiger partial charge in [-0.3, -0.25) is 0 Å². The normalized spacial score (nSPS) is 11.5. The van der Waals surface area contributed by atoms with Gasteiger partial charge in [0.2, 0.25) is 0 Å². The summed E-state index contributed by atoms with van der Waals surface area (Å²) in [6.07, 6.45) is 0. The number of para-hydroxylation sites is 4. The molecule has 0 saturated heterocycles. The molecule has 0 aliphatic rings. The minimum atomic E-state index is 1.08. The Kier molecular flexibility index (Phi) is 10.8. The highest BCUT2D eigenvalue weighted by molar-refractivity contribution is 6.14. The van der Waals surface area contributed by atoms with Crippen LogP contribution >= 0.6 is 0 Å². The molecule has 0 saturated carbocycles. The van der Waals surface area contributed by atoms with Crippen LogP contribution in [0.15, 0.2) is 297 Å². The molecule has 0 N–H and O–H groups in total. The van der Waals surface area contributed by atoms with E-state index in [1.54, 1.807) is 0 Å². The van der Waals surface area contributed by atoms with Crippen molar-refractivity contribution in [3.63, 3.8) is 0 Å². The van der Waals surface area contributed by atoms with Crippen molar-refractivity contribution in [2.24, 2.45) is 0 Å². The van der Waals surface area contributed by atoms with Crippen molar-refractivity contribution in [3.05, 3.63) is 297 Å². The molecule has 75 heavy (non-hydrogen) atoms. The van der Waals surface area contributed by atoms with Crippen LogP contribution in [0, 0.1) is 0 Å². The van der Waals surface area contributed by atoms with Crippen molar-refractivity contribution in [2.75, 3.05) is 4.90 Å². The van der Waals surface area contributed by atoms with E-state index in [2.05, 4.69) is 311 Å². The maximum absolute atomic E-state index is 2.49. The standard InChI is InChI=1S/C72H49N3/c1-5-19-50(20-6-1)53-33-40-59(41-34-53)73(60-42-35-54(36-43-60)51-21-7-2-8-22-51)67-30-16-13-27-61(67)62-28-14-18-32-69(62)75-71-45-37-55(52-23-9-3-10-24-52)47-65(71)66-49-57(39-46-72(66)75)56-38-44-70-64(48-56)63-29-15-17-31-68(63)74(70)58-25-11-4-12-26-58/h1-49H. The van der Waals surface area contributed by atoms with E-state index in [4.69, 9.17) is 0 Å². The second-order valence-corrected chi connectivity index (χ2v) is 19.3. The number of hydrogen-bond acceptors (Lipinski definition) is 1. The summed E-state index contributed by atoms with van der Waals surface area (Å²) in [5.74, 6) is 0. The van der Waals surface area contributed by atoms with Crippen molar-refractivity contribution < 1.29 is 0 Å². The maximum Gasteiger partial charge on any atom is 0.0541 e. The molecule has 0 bridgehead atoms. The lowest BCUT2D eigenvalue weighted by atomic mass is 9.98. The lowest BCUT2D eigenvalue weighted by Gasteiger charge is -2.29. The summed E-state index contributed by atoms with van der Waals surface area (Å²) in [4.78, 5) is 2.41. The summed E-state index contributed by atoms with van der Waals surface area (Å²) in [6, 6.07) is 108. The smallest absolute Gasteiger partial charge is 0.0541 e. The van der Waals surface area contributed by atoms with Crippen LogP contribution in [0.3, 0.4) is 0 Å². The van der Waals surface area contributed by atoms with Crippen LogP contribution in [0.2, 0.25) is 0 Å². The number of fused-ring (bicyclic) bond motifs is 6. The number of nitrogens with zero attached hydrogens (tertiary/aromatic N) is 3. The van der Waals surface area contributed by atoms with Gasteiger partial charge in [-0.1, -0.05) is 206 Å². The molecule has 352 valence electrons.